The van der Waals surface area contributed by atoms with Gasteiger partial charge in [0.15, 0.2) is 0 Å². The number of carbonyl (C=O) groups excluding carboxylic acids is 1. The van der Waals surface area contributed by atoms with E-state index in [1.54, 1.807) is 18.2 Å². The number of halogens is 2. The van der Waals surface area contributed by atoms with Crippen molar-refractivity contribution in [3.63, 3.8) is 0 Å². The fourth-order valence-electron chi connectivity index (χ4n) is 2.63. The van der Waals surface area contributed by atoms with Crippen LogP contribution in [0.25, 0.3) is 10.6 Å². The van der Waals surface area contributed by atoms with Crippen molar-refractivity contribution in [3.8, 4) is 16.3 Å². The first-order chi connectivity index (χ1) is 12.9. The minimum Gasteiger partial charge on any atom is -0.435 e. The number of carbonyl (C=O) groups is 1. The molecule has 0 aliphatic heterocycles. The minimum absolute atomic E-state index is 0.0177. The summed E-state index contributed by atoms with van der Waals surface area (Å²) in [5.41, 5.74) is 3.55. The maximum absolute atomic E-state index is 12.5. The van der Waals surface area contributed by atoms with E-state index in [-0.39, 0.29) is 18.1 Å². The lowest BCUT2D eigenvalue weighted by Gasteiger charge is -2.09. The standard InChI is InChI=1S/C19H17F2N3O2S/c1-11-7-8-14(12(2)9-11)17-23-24-19(27-17)22-16(25)10-13-5-3-4-6-15(13)26-18(20)21/h3-9,18H,10H2,1-2H3,(H,22,24,25). The molecule has 0 saturated heterocycles. The Labute approximate surface area is 159 Å². The molecule has 0 radical (unpaired) electrons. The van der Waals surface area contributed by atoms with Gasteiger partial charge in [-0.05, 0) is 25.5 Å². The molecule has 0 saturated carbocycles. The molecule has 8 heteroatoms. The largest absolute Gasteiger partial charge is 0.435 e. The molecule has 0 bridgehead atoms. The Morgan fingerprint density at radius 3 is 2.70 bits per heavy atom. The van der Waals surface area contributed by atoms with E-state index >= 15 is 0 Å². The lowest BCUT2D eigenvalue weighted by atomic mass is 10.1. The molecule has 3 rings (SSSR count). The third-order valence-electron chi connectivity index (χ3n) is 3.82. The van der Waals surface area contributed by atoms with Gasteiger partial charge in [-0.1, -0.05) is 53.3 Å². The number of hydrogen-bond acceptors (Lipinski definition) is 5. The summed E-state index contributed by atoms with van der Waals surface area (Å²) < 4.78 is 29.4. The number of aromatic nitrogens is 2. The lowest BCUT2D eigenvalue weighted by molar-refractivity contribution is -0.115. The lowest BCUT2D eigenvalue weighted by Crippen LogP contribution is -2.15. The molecule has 0 unspecified atom stereocenters. The molecule has 0 spiro atoms. The fraction of sp³-hybridized carbons (Fsp3) is 0.211. The predicted molar refractivity (Wildman–Crippen MR) is 100 cm³/mol. The van der Waals surface area contributed by atoms with E-state index in [9.17, 15) is 13.6 Å². The van der Waals surface area contributed by atoms with Gasteiger partial charge in [0.25, 0.3) is 0 Å². The second kappa shape index (κ2) is 8.22. The van der Waals surface area contributed by atoms with E-state index in [0.717, 1.165) is 16.7 Å². The Morgan fingerprint density at radius 2 is 1.96 bits per heavy atom. The van der Waals surface area contributed by atoms with Gasteiger partial charge in [0.2, 0.25) is 11.0 Å². The van der Waals surface area contributed by atoms with Crippen molar-refractivity contribution >= 4 is 22.4 Å². The van der Waals surface area contributed by atoms with Crippen LogP contribution in [0.1, 0.15) is 16.7 Å². The quantitative estimate of drug-likeness (QED) is 0.669. The van der Waals surface area contributed by atoms with Crippen molar-refractivity contribution in [3.05, 3.63) is 59.2 Å². The van der Waals surface area contributed by atoms with Crippen LogP contribution in [0, 0.1) is 13.8 Å². The van der Waals surface area contributed by atoms with Crippen LogP contribution in [0.2, 0.25) is 0 Å². The molecule has 3 aromatic rings. The summed E-state index contributed by atoms with van der Waals surface area (Å²) in [6.07, 6.45) is -0.110. The second-order valence-corrected chi connectivity index (χ2v) is 6.92. The molecule has 1 heterocycles. The number of anilines is 1. The molecule has 0 fully saturated rings. The molecule has 1 N–H and O–H groups in total. The van der Waals surface area contributed by atoms with Gasteiger partial charge < -0.3 is 10.1 Å². The van der Waals surface area contributed by atoms with E-state index in [2.05, 4.69) is 26.3 Å². The zero-order valence-corrected chi connectivity index (χ0v) is 15.5. The zero-order chi connectivity index (χ0) is 19.4. The molecule has 140 valence electrons. The average Bonchev–Trinajstić information content (AvgIpc) is 3.04. The molecular formula is C19H17F2N3O2S. The number of amides is 1. The summed E-state index contributed by atoms with van der Waals surface area (Å²) in [4.78, 5) is 12.3. The number of rotatable bonds is 6. The molecule has 1 amide bonds. The number of hydrogen-bond donors (Lipinski definition) is 1. The highest BCUT2D eigenvalue weighted by molar-refractivity contribution is 7.18. The van der Waals surface area contributed by atoms with Crippen LogP contribution in [0.3, 0.4) is 0 Å². The number of aryl methyl sites for hydroxylation is 2. The van der Waals surface area contributed by atoms with Gasteiger partial charge in [-0.3, -0.25) is 4.79 Å². The Bertz CT molecular complexity index is 960. The van der Waals surface area contributed by atoms with Crippen molar-refractivity contribution in [2.75, 3.05) is 5.32 Å². The van der Waals surface area contributed by atoms with Crippen molar-refractivity contribution in [2.45, 2.75) is 26.9 Å². The van der Waals surface area contributed by atoms with Gasteiger partial charge in [0, 0.05) is 11.1 Å². The van der Waals surface area contributed by atoms with Gasteiger partial charge in [-0.2, -0.15) is 8.78 Å². The number of benzene rings is 2. The second-order valence-electron chi connectivity index (χ2n) is 5.94. The van der Waals surface area contributed by atoms with E-state index < -0.39 is 6.61 Å². The van der Waals surface area contributed by atoms with Crippen molar-refractivity contribution in [1.29, 1.82) is 0 Å². The highest BCUT2D eigenvalue weighted by Gasteiger charge is 2.15. The first kappa shape index (κ1) is 18.9. The smallest absolute Gasteiger partial charge is 0.387 e. The summed E-state index contributed by atoms with van der Waals surface area (Å²) in [6, 6.07) is 12.2. The predicted octanol–water partition coefficient (Wildman–Crippen LogP) is 4.60. The maximum atomic E-state index is 12.5. The number of ether oxygens (including phenoxy) is 1. The first-order valence-electron chi connectivity index (χ1n) is 8.16. The van der Waals surface area contributed by atoms with E-state index in [4.69, 9.17) is 0 Å². The third kappa shape index (κ3) is 4.85. The number of nitrogens with one attached hydrogen (secondary N) is 1. The monoisotopic (exact) mass is 389 g/mol. The SMILES string of the molecule is Cc1ccc(-c2nnc(NC(=O)Cc3ccccc3OC(F)F)s2)c(C)c1. The van der Waals surface area contributed by atoms with Crippen molar-refractivity contribution < 1.29 is 18.3 Å². The van der Waals surface area contributed by atoms with Crippen molar-refractivity contribution in [1.82, 2.24) is 10.2 Å². The van der Waals surface area contributed by atoms with Crippen molar-refractivity contribution in [2.24, 2.45) is 0 Å². The zero-order valence-electron chi connectivity index (χ0n) is 14.7. The summed E-state index contributed by atoms with van der Waals surface area (Å²) >= 11 is 1.25. The summed E-state index contributed by atoms with van der Waals surface area (Å²) in [7, 11) is 0. The molecule has 27 heavy (non-hydrogen) atoms. The van der Waals surface area contributed by atoms with Gasteiger partial charge in [-0.25, -0.2) is 0 Å². The van der Waals surface area contributed by atoms with E-state index in [0.29, 0.717) is 15.7 Å². The van der Waals surface area contributed by atoms with Crippen LogP contribution in [-0.2, 0) is 11.2 Å². The Balaban J connectivity index is 1.70. The maximum Gasteiger partial charge on any atom is 0.387 e. The van der Waals surface area contributed by atoms with Crippen LogP contribution in [-0.4, -0.2) is 22.7 Å². The molecule has 1 aromatic heterocycles. The molecule has 0 atom stereocenters. The number of nitrogens with zero attached hydrogens (tertiary/aromatic N) is 2. The van der Waals surface area contributed by atoms with E-state index in [1.807, 2.05) is 26.0 Å². The highest BCUT2D eigenvalue weighted by Crippen LogP contribution is 2.29. The molecule has 0 aliphatic carbocycles. The average molecular weight is 389 g/mol. The van der Waals surface area contributed by atoms with Gasteiger partial charge >= 0.3 is 6.61 Å². The molecule has 5 nitrogen and oxygen atoms in total. The molecular weight excluding hydrogens is 372 g/mol. The van der Waals surface area contributed by atoms with E-state index in [1.165, 1.54) is 17.4 Å². The summed E-state index contributed by atoms with van der Waals surface area (Å²) in [5, 5.41) is 11.8. The topological polar surface area (TPSA) is 64.1 Å². The normalized spacial score (nSPS) is 10.9. The van der Waals surface area contributed by atoms with Crippen LogP contribution in [0.5, 0.6) is 5.75 Å². The van der Waals surface area contributed by atoms with Crippen LogP contribution >= 0.6 is 11.3 Å². The summed E-state index contributed by atoms with van der Waals surface area (Å²) in [5.74, 6) is -0.403. The molecule has 2 aromatic carbocycles. The Morgan fingerprint density at radius 1 is 1.19 bits per heavy atom. The van der Waals surface area contributed by atoms with Crippen LogP contribution in [0.4, 0.5) is 13.9 Å². The third-order valence-corrected chi connectivity index (χ3v) is 4.70. The number of alkyl halides is 2. The molecule has 0 aliphatic rings. The highest BCUT2D eigenvalue weighted by atomic mass is 32.1. The number of para-hydroxylation sites is 1. The Hall–Kier alpha value is -2.87. The fourth-order valence-corrected chi connectivity index (χ4v) is 3.48. The van der Waals surface area contributed by atoms with Gasteiger partial charge in [0.1, 0.15) is 10.8 Å². The summed E-state index contributed by atoms with van der Waals surface area (Å²) in [6.45, 7) is 1.05. The Kier molecular flexibility index (Phi) is 5.75. The minimum atomic E-state index is -2.95. The van der Waals surface area contributed by atoms with Crippen LogP contribution < -0.4 is 10.1 Å². The van der Waals surface area contributed by atoms with Gasteiger partial charge in [-0.15, -0.1) is 10.2 Å². The van der Waals surface area contributed by atoms with Gasteiger partial charge in [0.05, 0.1) is 6.42 Å². The first-order valence-corrected chi connectivity index (χ1v) is 8.97. The van der Waals surface area contributed by atoms with Crippen LogP contribution in [0.15, 0.2) is 42.5 Å².